The molecular formula is C15H16N6O. The minimum Gasteiger partial charge on any atom is -0.383 e. The molecule has 2 aliphatic rings. The summed E-state index contributed by atoms with van der Waals surface area (Å²) in [5, 5.41) is 17.1. The lowest BCUT2D eigenvalue weighted by atomic mass is 9.96. The molecule has 2 aromatic heterocycles. The topological polar surface area (TPSA) is 102 Å². The first-order valence-corrected chi connectivity index (χ1v) is 7.31. The Labute approximate surface area is 127 Å². The maximum atomic E-state index is 9.10. The number of hydrogen-bond acceptors (Lipinski definition) is 6. The lowest BCUT2D eigenvalue weighted by molar-refractivity contribution is -0.0657. The van der Waals surface area contributed by atoms with Crippen LogP contribution in [0.2, 0.25) is 0 Å². The first kappa shape index (κ1) is 13.2. The van der Waals surface area contributed by atoms with Gasteiger partial charge in [0.05, 0.1) is 30.1 Å². The fraction of sp³-hybridized carbons (Fsp3) is 0.400. The van der Waals surface area contributed by atoms with E-state index in [1.165, 1.54) is 0 Å². The molecule has 4 heterocycles. The average molecular weight is 296 g/mol. The number of nitrogen functional groups attached to an aromatic ring is 1. The van der Waals surface area contributed by atoms with Gasteiger partial charge in [-0.2, -0.15) is 10.4 Å². The minimum atomic E-state index is -0.275. The van der Waals surface area contributed by atoms with Gasteiger partial charge < -0.3 is 15.8 Å². The average Bonchev–Trinajstić information content (AvgIpc) is 3.16. The second kappa shape index (κ2) is 4.80. The number of rotatable bonds is 1. The van der Waals surface area contributed by atoms with Crippen LogP contribution in [0.3, 0.4) is 0 Å². The number of nitrogens with two attached hydrogens (primary N) is 1. The molecule has 7 nitrogen and oxygen atoms in total. The predicted octanol–water partition coefficient (Wildman–Crippen LogP) is 0.618. The Morgan fingerprint density at radius 2 is 2.36 bits per heavy atom. The summed E-state index contributed by atoms with van der Waals surface area (Å²) >= 11 is 0. The number of ether oxygens (including phenoxy) is 1. The zero-order valence-electron chi connectivity index (χ0n) is 12.0. The molecule has 0 amide bonds. The molecule has 1 atom stereocenters. The summed E-state index contributed by atoms with van der Waals surface area (Å²) in [7, 11) is 0. The van der Waals surface area contributed by atoms with Crippen molar-refractivity contribution in [2.45, 2.75) is 18.6 Å². The number of anilines is 1. The van der Waals surface area contributed by atoms with Crippen LogP contribution in [0.5, 0.6) is 0 Å². The summed E-state index contributed by atoms with van der Waals surface area (Å²) in [5.74, 6) is 0.245. The van der Waals surface area contributed by atoms with Gasteiger partial charge in [0.15, 0.2) is 0 Å². The van der Waals surface area contributed by atoms with E-state index in [4.69, 9.17) is 15.7 Å². The van der Waals surface area contributed by atoms with E-state index in [0.717, 1.165) is 43.0 Å². The predicted molar refractivity (Wildman–Crippen MR) is 79.7 cm³/mol. The van der Waals surface area contributed by atoms with Gasteiger partial charge in [0, 0.05) is 18.3 Å². The van der Waals surface area contributed by atoms with Crippen LogP contribution < -0.4 is 11.1 Å². The number of aromatic nitrogens is 3. The van der Waals surface area contributed by atoms with Gasteiger partial charge in [0.1, 0.15) is 17.5 Å². The number of nitrogens with one attached hydrogen (secondary N) is 1. The molecule has 0 bridgehead atoms. The van der Waals surface area contributed by atoms with Gasteiger partial charge in [0.2, 0.25) is 0 Å². The van der Waals surface area contributed by atoms with E-state index in [-0.39, 0.29) is 11.4 Å². The van der Waals surface area contributed by atoms with Crippen molar-refractivity contribution in [1.82, 2.24) is 20.1 Å². The highest BCUT2D eigenvalue weighted by Gasteiger charge is 2.42. The van der Waals surface area contributed by atoms with Crippen LogP contribution in [0.1, 0.15) is 17.7 Å². The molecule has 1 unspecified atom stereocenters. The van der Waals surface area contributed by atoms with Crippen molar-refractivity contribution in [3.8, 4) is 17.3 Å². The summed E-state index contributed by atoms with van der Waals surface area (Å²) in [6.07, 6.45) is 2.60. The van der Waals surface area contributed by atoms with Crippen LogP contribution in [0, 0.1) is 11.3 Å². The Kier molecular flexibility index (Phi) is 2.89. The highest BCUT2D eigenvalue weighted by Crippen LogP contribution is 2.37. The minimum absolute atomic E-state index is 0.245. The van der Waals surface area contributed by atoms with Gasteiger partial charge in [-0.1, -0.05) is 0 Å². The summed E-state index contributed by atoms with van der Waals surface area (Å²) in [6.45, 7) is 3.16. The summed E-state index contributed by atoms with van der Waals surface area (Å²) in [5.41, 5.74) is 8.47. The maximum absolute atomic E-state index is 9.10. The summed E-state index contributed by atoms with van der Waals surface area (Å²) in [4.78, 5) is 4.08. The molecule has 0 aliphatic carbocycles. The third kappa shape index (κ3) is 1.89. The van der Waals surface area contributed by atoms with E-state index in [0.29, 0.717) is 12.2 Å². The first-order valence-electron chi connectivity index (χ1n) is 7.31. The number of hydrogen-bond donors (Lipinski definition) is 2. The van der Waals surface area contributed by atoms with Crippen LogP contribution in [0.15, 0.2) is 18.3 Å². The van der Waals surface area contributed by atoms with Crippen LogP contribution in [-0.4, -0.2) is 34.5 Å². The molecule has 2 aliphatic heterocycles. The summed E-state index contributed by atoms with van der Waals surface area (Å²) < 4.78 is 8.06. The van der Waals surface area contributed by atoms with Crippen molar-refractivity contribution < 1.29 is 4.74 Å². The van der Waals surface area contributed by atoms with E-state index in [9.17, 15) is 0 Å². The molecule has 112 valence electrons. The fourth-order valence-electron chi connectivity index (χ4n) is 3.21. The molecular weight excluding hydrogens is 280 g/mol. The Bertz CT molecular complexity index is 769. The quantitative estimate of drug-likeness (QED) is 0.800. The lowest BCUT2D eigenvalue weighted by Gasteiger charge is -2.33. The Morgan fingerprint density at radius 1 is 1.45 bits per heavy atom. The van der Waals surface area contributed by atoms with Crippen LogP contribution >= 0.6 is 0 Å². The second-order valence-corrected chi connectivity index (χ2v) is 5.68. The number of pyridine rings is 1. The molecule has 0 aromatic carbocycles. The van der Waals surface area contributed by atoms with Crippen molar-refractivity contribution in [1.29, 1.82) is 5.26 Å². The van der Waals surface area contributed by atoms with Crippen molar-refractivity contribution in [2.75, 3.05) is 25.4 Å². The largest absolute Gasteiger partial charge is 0.383 e. The Balaban J connectivity index is 1.79. The molecule has 1 saturated heterocycles. The van der Waals surface area contributed by atoms with Gasteiger partial charge in [0.25, 0.3) is 0 Å². The van der Waals surface area contributed by atoms with E-state index in [1.54, 1.807) is 12.3 Å². The molecule has 1 spiro atoms. The molecule has 3 N–H and O–H groups in total. The lowest BCUT2D eigenvalue weighted by Crippen LogP contribution is -2.40. The number of nitriles is 1. The molecule has 0 radical (unpaired) electrons. The number of nitrogens with zero attached hydrogens (tertiary/aromatic N) is 4. The van der Waals surface area contributed by atoms with Gasteiger partial charge >= 0.3 is 0 Å². The summed E-state index contributed by atoms with van der Waals surface area (Å²) in [6, 6.07) is 5.83. The van der Waals surface area contributed by atoms with E-state index >= 15 is 0 Å². The van der Waals surface area contributed by atoms with Gasteiger partial charge in [-0.3, -0.25) is 4.68 Å². The van der Waals surface area contributed by atoms with Crippen LogP contribution in [0.4, 0.5) is 5.82 Å². The molecule has 22 heavy (non-hydrogen) atoms. The highest BCUT2D eigenvalue weighted by molar-refractivity contribution is 5.64. The zero-order valence-corrected chi connectivity index (χ0v) is 12.0. The van der Waals surface area contributed by atoms with Gasteiger partial charge in [-0.05, 0) is 25.1 Å². The smallest absolute Gasteiger partial charge is 0.141 e. The molecule has 1 fully saturated rings. The van der Waals surface area contributed by atoms with Gasteiger partial charge in [-0.25, -0.2) is 4.98 Å². The standard InChI is InChI=1S/C15H16N6O/c16-7-10-5-11(8-19-14(10)17)12-6-13-15(1-2-18-9-15)22-4-3-21(13)20-12/h5-6,8,18H,1-4,9H2,(H2,17,19). The zero-order chi connectivity index (χ0) is 15.2. The molecule has 2 aromatic rings. The maximum Gasteiger partial charge on any atom is 0.141 e. The van der Waals surface area contributed by atoms with Crippen LogP contribution in [0.25, 0.3) is 11.3 Å². The molecule has 4 rings (SSSR count). The third-order valence-corrected chi connectivity index (χ3v) is 4.38. The fourth-order valence-corrected chi connectivity index (χ4v) is 3.21. The Hall–Kier alpha value is -2.43. The molecule has 0 saturated carbocycles. The van der Waals surface area contributed by atoms with Gasteiger partial charge in [-0.15, -0.1) is 0 Å². The van der Waals surface area contributed by atoms with Crippen LogP contribution in [-0.2, 0) is 16.9 Å². The molecule has 7 heteroatoms. The monoisotopic (exact) mass is 296 g/mol. The van der Waals surface area contributed by atoms with Crippen molar-refractivity contribution >= 4 is 5.82 Å². The van der Waals surface area contributed by atoms with Crippen molar-refractivity contribution in [3.05, 3.63) is 29.6 Å². The van der Waals surface area contributed by atoms with Crippen molar-refractivity contribution in [2.24, 2.45) is 0 Å². The highest BCUT2D eigenvalue weighted by atomic mass is 16.5. The van der Waals surface area contributed by atoms with Crippen molar-refractivity contribution in [3.63, 3.8) is 0 Å². The Morgan fingerprint density at radius 3 is 3.14 bits per heavy atom. The van der Waals surface area contributed by atoms with E-state index < -0.39 is 0 Å². The van der Waals surface area contributed by atoms with E-state index in [1.807, 2.05) is 10.7 Å². The normalized spacial score (nSPS) is 23.4. The first-order chi connectivity index (χ1) is 10.7. The van der Waals surface area contributed by atoms with E-state index in [2.05, 4.69) is 21.5 Å². The SMILES string of the molecule is N#Cc1cc(-c2cc3n(n2)CCOC32CCNC2)cnc1N. The number of fused-ring (bicyclic) bond motifs is 2. The third-order valence-electron chi connectivity index (χ3n) is 4.38. The second-order valence-electron chi connectivity index (χ2n) is 5.68.